The molecule has 0 amide bonds. The summed E-state index contributed by atoms with van der Waals surface area (Å²) < 4.78 is 0. The van der Waals surface area contributed by atoms with E-state index in [0.717, 1.165) is 0 Å². The molecule has 6 N–H and O–H groups in total. The topological polar surface area (TPSA) is 152 Å². The van der Waals surface area contributed by atoms with Crippen LogP contribution in [0.5, 0.6) is 0 Å². The van der Waals surface area contributed by atoms with Gasteiger partial charge in [0.25, 0.3) is 0 Å². The number of hydrogen-bond acceptors (Lipinski definition) is 6. The molecule has 0 saturated carbocycles. The molecule has 0 unspecified atom stereocenters. The van der Waals surface area contributed by atoms with Crippen molar-refractivity contribution >= 4 is 23.3 Å². The van der Waals surface area contributed by atoms with Crippen molar-refractivity contribution in [3.05, 3.63) is 48.0 Å². The van der Waals surface area contributed by atoms with Crippen LogP contribution in [0, 0.1) is 0 Å². The predicted molar refractivity (Wildman–Crippen MR) is 71.2 cm³/mol. The number of anilines is 2. The number of carboxylic acid groups (broad SMARTS) is 2. The lowest BCUT2D eigenvalue weighted by atomic mass is 10.2. The number of aromatic nitrogens is 2. The first-order chi connectivity index (χ1) is 9.43. The van der Waals surface area contributed by atoms with E-state index in [1.165, 1.54) is 36.9 Å². The Morgan fingerprint density at radius 3 is 1.40 bits per heavy atom. The highest BCUT2D eigenvalue weighted by molar-refractivity contribution is 5.93. The van der Waals surface area contributed by atoms with Gasteiger partial charge in [0.15, 0.2) is 0 Å². The third kappa shape index (κ3) is 3.95. The summed E-state index contributed by atoms with van der Waals surface area (Å²) in [5.41, 5.74) is 11.1. The van der Waals surface area contributed by atoms with Crippen LogP contribution in [0.1, 0.15) is 20.7 Å². The second-order valence-electron chi connectivity index (χ2n) is 3.54. The molecular weight excluding hydrogens is 264 g/mol. The zero-order chi connectivity index (χ0) is 15.1. The number of aromatic carboxylic acids is 2. The van der Waals surface area contributed by atoms with Crippen LogP contribution in [0.25, 0.3) is 0 Å². The van der Waals surface area contributed by atoms with Crippen molar-refractivity contribution in [2.75, 3.05) is 11.5 Å². The van der Waals surface area contributed by atoms with Crippen molar-refractivity contribution < 1.29 is 19.8 Å². The Labute approximate surface area is 113 Å². The number of carboxylic acids is 2. The molecule has 0 atom stereocenters. The van der Waals surface area contributed by atoms with Crippen LogP contribution < -0.4 is 11.5 Å². The van der Waals surface area contributed by atoms with Gasteiger partial charge in [0.05, 0.1) is 34.9 Å². The number of nitrogen functional groups attached to an aromatic ring is 2. The van der Waals surface area contributed by atoms with Gasteiger partial charge in [0, 0.05) is 12.4 Å². The number of nitrogens with zero attached hydrogens (tertiary/aromatic N) is 2. The van der Waals surface area contributed by atoms with Gasteiger partial charge < -0.3 is 21.7 Å². The Hall–Kier alpha value is -3.16. The smallest absolute Gasteiger partial charge is 0.337 e. The van der Waals surface area contributed by atoms with Gasteiger partial charge in [0.2, 0.25) is 0 Å². The van der Waals surface area contributed by atoms with Crippen LogP contribution in [-0.4, -0.2) is 32.1 Å². The van der Waals surface area contributed by atoms with Gasteiger partial charge in [0.1, 0.15) is 0 Å². The molecule has 0 aromatic carbocycles. The molecule has 0 aliphatic carbocycles. The van der Waals surface area contributed by atoms with E-state index < -0.39 is 11.9 Å². The minimum atomic E-state index is -1.03. The molecule has 104 valence electrons. The Morgan fingerprint density at radius 1 is 0.850 bits per heavy atom. The van der Waals surface area contributed by atoms with E-state index in [9.17, 15) is 9.59 Å². The summed E-state index contributed by atoms with van der Waals surface area (Å²) in [6.45, 7) is 0. The fraction of sp³-hybridized carbons (Fsp3) is 0. The first-order valence-corrected chi connectivity index (χ1v) is 5.29. The van der Waals surface area contributed by atoms with Gasteiger partial charge in [-0.15, -0.1) is 0 Å². The first kappa shape index (κ1) is 14.9. The number of hydrogen-bond donors (Lipinski definition) is 4. The second-order valence-corrected chi connectivity index (χ2v) is 3.54. The second kappa shape index (κ2) is 6.69. The van der Waals surface area contributed by atoms with Crippen molar-refractivity contribution in [2.45, 2.75) is 0 Å². The van der Waals surface area contributed by atoms with E-state index in [1.54, 1.807) is 0 Å². The molecule has 0 spiro atoms. The number of pyridine rings is 2. The third-order valence-corrected chi connectivity index (χ3v) is 2.16. The lowest BCUT2D eigenvalue weighted by molar-refractivity contribution is 0.0687. The van der Waals surface area contributed by atoms with Crippen LogP contribution in [0.3, 0.4) is 0 Å². The Morgan fingerprint density at radius 2 is 1.20 bits per heavy atom. The summed E-state index contributed by atoms with van der Waals surface area (Å²) in [4.78, 5) is 27.9. The Bertz CT molecular complexity index is 575. The van der Waals surface area contributed by atoms with Gasteiger partial charge in [-0.05, 0) is 12.1 Å². The SMILES string of the molecule is Nc1cnccc1C(=O)O.Nc1cnccc1C(=O)O. The summed E-state index contributed by atoms with van der Waals surface area (Å²) in [7, 11) is 0. The van der Waals surface area contributed by atoms with E-state index in [-0.39, 0.29) is 22.5 Å². The molecule has 0 saturated heterocycles. The van der Waals surface area contributed by atoms with Gasteiger partial charge in [-0.3, -0.25) is 9.97 Å². The van der Waals surface area contributed by atoms with Gasteiger partial charge in [-0.1, -0.05) is 0 Å². The molecule has 0 fully saturated rings. The van der Waals surface area contributed by atoms with E-state index in [1.807, 2.05) is 0 Å². The third-order valence-electron chi connectivity index (χ3n) is 2.16. The van der Waals surface area contributed by atoms with E-state index in [0.29, 0.717) is 0 Å². The average Bonchev–Trinajstić information content (AvgIpc) is 2.40. The van der Waals surface area contributed by atoms with E-state index >= 15 is 0 Å². The summed E-state index contributed by atoms with van der Waals surface area (Å²) in [6, 6.07) is 2.72. The number of rotatable bonds is 2. The average molecular weight is 276 g/mol. The Kier molecular flexibility index (Phi) is 4.98. The first-order valence-electron chi connectivity index (χ1n) is 5.29. The van der Waals surface area contributed by atoms with Crippen molar-refractivity contribution in [3.63, 3.8) is 0 Å². The fourth-order valence-corrected chi connectivity index (χ4v) is 1.20. The maximum atomic E-state index is 10.3. The lowest BCUT2D eigenvalue weighted by Crippen LogP contribution is -2.01. The molecule has 0 bridgehead atoms. The van der Waals surface area contributed by atoms with Crippen LogP contribution in [0.15, 0.2) is 36.9 Å². The molecule has 0 aliphatic rings. The lowest BCUT2D eigenvalue weighted by Gasteiger charge is -1.95. The van der Waals surface area contributed by atoms with Gasteiger partial charge in [-0.2, -0.15) is 0 Å². The molecular formula is C12H12N4O4. The van der Waals surface area contributed by atoms with Crippen LogP contribution >= 0.6 is 0 Å². The molecule has 0 aliphatic heterocycles. The molecule has 0 radical (unpaired) electrons. The maximum absolute atomic E-state index is 10.3. The molecule has 2 rings (SSSR count). The highest BCUT2D eigenvalue weighted by Gasteiger charge is 2.05. The van der Waals surface area contributed by atoms with Crippen LogP contribution in [0.2, 0.25) is 0 Å². The van der Waals surface area contributed by atoms with Crippen LogP contribution in [0.4, 0.5) is 11.4 Å². The summed E-state index contributed by atoms with van der Waals surface area (Å²) >= 11 is 0. The summed E-state index contributed by atoms with van der Waals surface area (Å²) in [5.74, 6) is -2.06. The summed E-state index contributed by atoms with van der Waals surface area (Å²) in [5, 5.41) is 16.9. The van der Waals surface area contributed by atoms with Crippen molar-refractivity contribution in [2.24, 2.45) is 0 Å². The maximum Gasteiger partial charge on any atom is 0.337 e. The van der Waals surface area contributed by atoms with E-state index in [2.05, 4.69) is 9.97 Å². The predicted octanol–water partition coefficient (Wildman–Crippen LogP) is 0.724. The zero-order valence-corrected chi connectivity index (χ0v) is 10.2. The van der Waals surface area contributed by atoms with Crippen molar-refractivity contribution in [3.8, 4) is 0 Å². The van der Waals surface area contributed by atoms with E-state index in [4.69, 9.17) is 21.7 Å². The zero-order valence-electron chi connectivity index (χ0n) is 10.2. The highest BCUT2D eigenvalue weighted by atomic mass is 16.4. The van der Waals surface area contributed by atoms with Crippen molar-refractivity contribution in [1.82, 2.24) is 9.97 Å². The molecule has 2 aromatic rings. The van der Waals surface area contributed by atoms with Crippen molar-refractivity contribution in [1.29, 1.82) is 0 Å². The monoisotopic (exact) mass is 276 g/mol. The standard InChI is InChI=1S/2C6H6N2O2/c2*7-5-3-8-2-1-4(5)6(9)10/h2*1-3H,7H2,(H,9,10). The Balaban J connectivity index is 0.000000200. The van der Waals surface area contributed by atoms with Gasteiger partial charge in [-0.25, -0.2) is 9.59 Å². The minimum Gasteiger partial charge on any atom is -0.478 e. The summed E-state index contributed by atoms with van der Waals surface area (Å²) in [6.07, 6.45) is 5.40. The molecule has 8 nitrogen and oxygen atoms in total. The number of nitrogens with two attached hydrogens (primary N) is 2. The minimum absolute atomic E-state index is 0.0926. The molecule has 2 heterocycles. The normalized spacial score (nSPS) is 9.20. The molecule has 8 heteroatoms. The number of carbonyl (C=O) groups is 2. The molecule has 2 aromatic heterocycles. The van der Waals surface area contributed by atoms with Crippen LogP contribution in [-0.2, 0) is 0 Å². The highest BCUT2D eigenvalue weighted by Crippen LogP contribution is 2.07. The largest absolute Gasteiger partial charge is 0.478 e. The molecule has 20 heavy (non-hydrogen) atoms. The fourth-order valence-electron chi connectivity index (χ4n) is 1.20. The quantitative estimate of drug-likeness (QED) is 0.626. The van der Waals surface area contributed by atoms with Gasteiger partial charge >= 0.3 is 11.9 Å².